The number of piperidine rings is 1. The number of halogens is 1. The zero-order valence-electron chi connectivity index (χ0n) is 10.5. The van der Waals surface area contributed by atoms with Crippen LogP contribution in [0.2, 0.25) is 0 Å². The molecule has 1 saturated heterocycles. The molecule has 1 aliphatic heterocycles. The lowest BCUT2D eigenvalue weighted by Gasteiger charge is -2.41. The number of hydrogen-bond acceptors (Lipinski definition) is 1. The molecule has 1 saturated carbocycles. The van der Waals surface area contributed by atoms with Crippen LogP contribution in [0.3, 0.4) is 0 Å². The van der Waals surface area contributed by atoms with Crippen LogP contribution in [0.1, 0.15) is 51.4 Å². The van der Waals surface area contributed by atoms with Crippen molar-refractivity contribution in [2.24, 2.45) is 11.8 Å². The van der Waals surface area contributed by atoms with E-state index in [4.69, 9.17) is 11.6 Å². The number of fused-ring (bicyclic) bond motifs is 1. The van der Waals surface area contributed by atoms with E-state index in [2.05, 4.69) is 4.90 Å². The largest absolute Gasteiger partial charge is 0.303 e. The minimum atomic E-state index is 0.838. The fraction of sp³-hybridized carbons (Fsp3) is 1.00. The Morgan fingerprint density at radius 2 is 1.75 bits per heavy atom. The average Bonchev–Trinajstić information content (AvgIpc) is 2.34. The monoisotopic (exact) mass is 243 g/mol. The van der Waals surface area contributed by atoms with E-state index in [1.165, 1.54) is 71.0 Å². The molecule has 16 heavy (non-hydrogen) atoms. The van der Waals surface area contributed by atoms with E-state index in [1.54, 1.807) is 0 Å². The second kappa shape index (κ2) is 6.86. The summed E-state index contributed by atoms with van der Waals surface area (Å²) in [5.41, 5.74) is 0. The fourth-order valence-corrected chi connectivity index (χ4v) is 3.67. The summed E-state index contributed by atoms with van der Waals surface area (Å²) in [5, 5.41) is 0. The third kappa shape index (κ3) is 3.63. The van der Waals surface area contributed by atoms with E-state index >= 15 is 0 Å². The minimum absolute atomic E-state index is 0.838. The Bertz CT molecular complexity index is 195. The van der Waals surface area contributed by atoms with Crippen molar-refractivity contribution < 1.29 is 0 Å². The number of likely N-dealkylation sites (tertiary alicyclic amines) is 1. The first-order valence-corrected chi connectivity index (χ1v) is 7.72. The van der Waals surface area contributed by atoms with E-state index in [0.717, 1.165) is 17.7 Å². The number of nitrogens with zero attached hydrogens (tertiary/aromatic N) is 1. The second-order valence-corrected chi connectivity index (χ2v) is 6.02. The highest BCUT2D eigenvalue weighted by Crippen LogP contribution is 2.35. The van der Waals surface area contributed by atoms with Gasteiger partial charge in [-0.3, -0.25) is 0 Å². The molecule has 1 aliphatic carbocycles. The number of hydrogen-bond donors (Lipinski definition) is 0. The molecule has 2 fully saturated rings. The summed E-state index contributed by atoms with van der Waals surface area (Å²) in [6.07, 6.45) is 11.3. The van der Waals surface area contributed by atoms with Crippen molar-refractivity contribution in [3.63, 3.8) is 0 Å². The summed E-state index contributed by atoms with van der Waals surface area (Å²) in [7, 11) is 0. The van der Waals surface area contributed by atoms with Gasteiger partial charge in [-0.1, -0.05) is 25.7 Å². The predicted molar refractivity (Wildman–Crippen MR) is 71.1 cm³/mol. The maximum atomic E-state index is 5.70. The highest BCUT2D eigenvalue weighted by Gasteiger charge is 2.30. The minimum Gasteiger partial charge on any atom is -0.303 e. The molecule has 2 atom stereocenters. The highest BCUT2D eigenvalue weighted by atomic mass is 35.5. The highest BCUT2D eigenvalue weighted by molar-refractivity contribution is 6.17. The normalized spacial score (nSPS) is 31.3. The van der Waals surface area contributed by atoms with Crippen LogP contribution in [0, 0.1) is 11.8 Å². The molecule has 0 amide bonds. The third-order valence-corrected chi connectivity index (χ3v) is 4.75. The first-order chi connectivity index (χ1) is 7.90. The van der Waals surface area contributed by atoms with E-state index in [-0.39, 0.29) is 0 Å². The van der Waals surface area contributed by atoms with Gasteiger partial charge in [0.05, 0.1) is 0 Å². The van der Waals surface area contributed by atoms with Gasteiger partial charge >= 0.3 is 0 Å². The zero-order valence-corrected chi connectivity index (χ0v) is 11.2. The van der Waals surface area contributed by atoms with Crippen molar-refractivity contribution in [2.75, 3.05) is 25.5 Å². The van der Waals surface area contributed by atoms with Gasteiger partial charge in [0.1, 0.15) is 0 Å². The van der Waals surface area contributed by atoms with Crippen molar-refractivity contribution in [1.82, 2.24) is 4.90 Å². The Labute approximate surface area is 106 Å². The Kier molecular flexibility index (Phi) is 5.44. The van der Waals surface area contributed by atoms with Gasteiger partial charge in [-0.2, -0.15) is 0 Å². The van der Waals surface area contributed by atoms with Crippen molar-refractivity contribution in [3.8, 4) is 0 Å². The number of alkyl halides is 1. The summed E-state index contributed by atoms with van der Waals surface area (Å²) >= 11 is 5.70. The number of unbranched alkanes of at least 4 members (excludes halogenated alkanes) is 2. The molecule has 2 heteroatoms. The molecule has 2 rings (SSSR count). The molecule has 1 nitrogen and oxygen atoms in total. The van der Waals surface area contributed by atoms with E-state index in [0.29, 0.717) is 0 Å². The average molecular weight is 244 g/mol. The lowest BCUT2D eigenvalue weighted by atomic mass is 9.75. The van der Waals surface area contributed by atoms with Crippen molar-refractivity contribution in [3.05, 3.63) is 0 Å². The lowest BCUT2D eigenvalue weighted by Crippen LogP contribution is -2.42. The van der Waals surface area contributed by atoms with Gasteiger partial charge in [-0.25, -0.2) is 0 Å². The summed E-state index contributed by atoms with van der Waals surface area (Å²) < 4.78 is 0. The van der Waals surface area contributed by atoms with E-state index in [1.807, 2.05) is 0 Å². The fourth-order valence-electron chi connectivity index (χ4n) is 3.49. The standard InChI is InChI=1S/C14H26ClN/c15-9-4-1-5-10-16-11-8-13-6-2-3-7-14(13)12-16/h13-14H,1-12H2. The Hall–Kier alpha value is 0.250. The van der Waals surface area contributed by atoms with Crippen LogP contribution in [0.25, 0.3) is 0 Å². The molecular formula is C14H26ClN. The Morgan fingerprint density at radius 1 is 0.938 bits per heavy atom. The third-order valence-electron chi connectivity index (χ3n) is 4.48. The van der Waals surface area contributed by atoms with Crippen LogP contribution in [0.4, 0.5) is 0 Å². The molecule has 94 valence electrons. The zero-order chi connectivity index (χ0) is 11.2. The summed E-state index contributed by atoms with van der Waals surface area (Å²) in [6.45, 7) is 4.08. The van der Waals surface area contributed by atoms with Gasteiger partial charge in [0, 0.05) is 12.4 Å². The van der Waals surface area contributed by atoms with E-state index < -0.39 is 0 Å². The molecule has 0 radical (unpaired) electrons. The van der Waals surface area contributed by atoms with Crippen molar-refractivity contribution >= 4 is 11.6 Å². The molecule has 0 N–H and O–H groups in total. The van der Waals surface area contributed by atoms with Gasteiger partial charge < -0.3 is 4.90 Å². The van der Waals surface area contributed by atoms with Crippen LogP contribution >= 0.6 is 11.6 Å². The Morgan fingerprint density at radius 3 is 2.56 bits per heavy atom. The van der Waals surface area contributed by atoms with Crippen LogP contribution in [0.15, 0.2) is 0 Å². The molecule has 0 bridgehead atoms. The molecule has 1 heterocycles. The molecule has 2 unspecified atom stereocenters. The lowest BCUT2D eigenvalue weighted by molar-refractivity contribution is 0.0857. The van der Waals surface area contributed by atoms with Gasteiger partial charge in [0.15, 0.2) is 0 Å². The summed E-state index contributed by atoms with van der Waals surface area (Å²) in [6, 6.07) is 0. The summed E-state index contributed by atoms with van der Waals surface area (Å²) in [4.78, 5) is 2.71. The van der Waals surface area contributed by atoms with Crippen LogP contribution in [-0.4, -0.2) is 30.4 Å². The molecule has 2 aliphatic rings. The van der Waals surface area contributed by atoms with Crippen LogP contribution in [0.5, 0.6) is 0 Å². The Balaban J connectivity index is 1.65. The van der Waals surface area contributed by atoms with Gasteiger partial charge in [-0.15, -0.1) is 11.6 Å². The maximum absolute atomic E-state index is 5.70. The first kappa shape index (κ1) is 12.7. The first-order valence-electron chi connectivity index (χ1n) is 7.18. The number of rotatable bonds is 5. The van der Waals surface area contributed by atoms with Gasteiger partial charge in [0.2, 0.25) is 0 Å². The predicted octanol–water partition coefficient (Wildman–Crippen LogP) is 3.91. The quantitative estimate of drug-likeness (QED) is 0.523. The smallest absolute Gasteiger partial charge is 0.0223 e. The van der Waals surface area contributed by atoms with Crippen molar-refractivity contribution in [1.29, 1.82) is 0 Å². The molecule has 0 spiro atoms. The SMILES string of the molecule is ClCCCCCN1CCC2CCCCC2C1. The van der Waals surface area contributed by atoms with E-state index in [9.17, 15) is 0 Å². The molecule has 0 aromatic rings. The maximum Gasteiger partial charge on any atom is 0.0223 e. The molecular weight excluding hydrogens is 218 g/mol. The molecule has 0 aromatic heterocycles. The molecule has 0 aromatic carbocycles. The van der Waals surface area contributed by atoms with Gasteiger partial charge in [-0.05, 0) is 50.6 Å². The van der Waals surface area contributed by atoms with Crippen LogP contribution in [-0.2, 0) is 0 Å². The van der Waals surface area contributed by atoms with Crippen LogP contribution < -0.4 is 0 Å². The van der Waals surface area contributed by atoms with Crippen molar-refractivity contribution in [2.45, 2.75) is 51.4 Å². The van der Waals surface area contributed by atoms with Gasteiger partial charge in [0.25, 0.3) is 0 Å². The second-order valence-electron chi connectivity index (χ2n) is 5.64. The topological polar surface area (TPSA) is 3.24 Å². The summed E-state index contributed by atoms with van der Waals surface area (Å²) in [5.74, 6) is 2.95.